The first-order valence-corrected chi connectivity index (χ1v) is 15.7. The molecule has 0 aliphatic heterocycles. The Kier molecular flexibility index (Phi) is 5.70. The van der Waals surface area contributed by atoms with Gasteiger partial charge in [-0.05, 0) is 84.6 Å². The number of benzene rings is 4. The van der Waals surface area contributed by atoms with Crippen LogP contribution >= 0.6 is 0 Å². The highest BCUT2D eigenvalue weighted by molar-refractivity contribution is 6.07. The highest BCUT2D eigenvalue weighted by Gasteiger charge is 2.35. The summed E-state index contributed by atoms with van der Waals surface area (Å²) in [6, 6.07) is 44.3. The monoisotopic (exact) mass is 568 g/mol. The van der Waals surface area contributed by atoms with Gasteiger partial charge < -0.3 is 9.13 Å². The van der Waals surface area contributed by atoms with Gasteiger partial charge in [-0.1, -0.05) is 79.9 Å². The van der Waals surface area contributed by atoms with Crippen molar-refractivity contribution in [2.75, 3.05) is 0 Å². The van der Waals surface area contributed by atoms with E-state index in [1.807, 2.05) is 24.5 Å². The van der Waals surface area contributed by atoms with Crippen LogP contribution in [0.4, 0.5) is 0 Å². The van der Waals surface area contributed by atoms with Gasteiger partial charge in [0.25, 0.3) is 0 Å². The first-order chi connectivity index (χ1) is 21.8. The highest BCUT2D eigenvalue weighted by Crippen LogP contribution is 2.46. The van der Waals surface area contributed by atoms with Gasteiger partial charge in [0.1, 0.15) is 0 Å². The molecule has 1 aliphatic rings. The fourth-order valence-electron chi connectivity index (χ4n) is 7.88. The third-order valence-corrected chi connectivity index (χ3v) is 9.92. The molecule has 0 saturated heterocycles. The van der Waals surface area contributed by atoms with Crippen LogP contribution in [-0.4, -0.2) is 19.1 Å². The van der Waals surface area contributed by atoms with E-state index in [1.165, 1.54) is 76.4 Å². The van der Waals surface area contributed by atoms with Crippen LogP contribution in [0.2, 0.25) is 0 Å². The number of aromatic nitrogens is 4. The topological polar surface area (TPSA) is 35.6 Å². The van der Waals surface area contributed by atoms with Crippen molar-refractivity contribution in [3.05, 3.63) is 145 Å². The number of fused-ring (bicyclic) bond motifs is 6. The van der Waals surface area contributed by atoms with Crippen LogP contribution in [0.5, 0.6) is 0 Å². The summed E-state index contributed by atoms with van der Waals surface area (Å²) >= 11 is 0. The van der Waals surface area contributed by atoms with Gasteiger partial charge in [0.15, 0.2) is 0 Å². The molecule has 0 unspecified atom stereocenters. The van der Waals surface area contributed by atoms with Crippen LogP contribution in [0.25, 0.3) is 55.2 Å². The third-order valence-electron chi connectivity index (χ3n) is 9.92. The number of rotatable bonds is 4. The Balaban J connectivity index is 1.14. The van der Waals surface area contributed by atoms with Crippen molar-refractivity contribution < 1.29 is 0 Å². The second kappa shape index (κ2) is 9.92. The van der Waals surface area contributed by atoms with Crippen molar-refractivity contribution in [3.63, 3.8) is 0 Å². The van der Waals surface area contributed by atoms with Crippen LogP contribution in [-0.2, 0) is 5.41 Å². The minimum Gasteiger partial charge on any atom is -0.308 e. The fourth-order valence-corrected chi connectivity index (χ4v) is 7.88. The molecule has 4 aromatic heterocycles. The average molecular weight is 569 g/mol. The van der Waals surface area contributed by atoms with Crippen LogP contribution < -0.4 is 0 Å². The summed E-state index contributed by atoms with van der Waals surface area (Å²) in [4.78, 5) is 9.46. The molecule has 4 aromatic carbocycles. The van der Waals surface area contributed by atoms with Gasteiger partial charge >= 0.3 is 0 Å². The minimum absolute atomic E-state index is 0.0140. The molecule has 0 spiro atoms. The maximum Gasteiger partial charge on any atom is 0.0963 e. The predicted octanol–water partition coefficient (Wildman–Crippen LogP) is 9.92. The molecule has 4 heteroatoms. The Morgan fingerprint density at radius 3 is 1.34 bits per heavy atom. The first-order valence-electron chi connectivity index (χ1n) is 15.7. The van der Waals surface area contributed by atoms with E-state index in [2.05, 4.69) is 118 Å². The van der Waals surface area contributed by atoms with E-state index in [0.29, 0.717) is 0 Å². The molecule has 0 atom stereocenters. The van der Waals surface area contributed by atoms with E-state index < -0.39 is 0 Å². The van der Waals surface area contributed by atoms with Crippen molar-refractivity contribution in [3.8, 4) is 11.4 Å². The molecule has 1 fully saturated rings. The molecule has 8 aromatic rings. The van der Waals surface area contributed by atoms with E-state index in [1.54, 1.807) is 0 Å². The molecule has 0 bridgehead atoms. The van der Waals surface area contributed by atoms with Crippen LogP contribution in [0.1, 0.15) is 43.2 Å². The summed E-state index contributed by atoms with van der Waals surface area (Å²) in [7, 11) is 0. The Bertz CT molecular complexity index is 2030. The summed E-state index contributed by atoms with van der Waals surface area (Å²) in [5.41, 5.74) is 12.0. The van der Waals surface area contributed by atoms with Crippen molar-refractivity contribution in [2.45, 2.75) is 37.5 Å². The second-order valence-electron chi connectivity index (χ2n) is 12.2. The van der Waals surface area contributed by atoms with Crippen molar-refractivity contribution in [1.29, 1.82) is 0 Å². The number of nitrogens with zero attached hydrogens (tertiary/aromatic N) is 4. The van der Waals surface area contributed by atoms with Gasteiger partial charge in [0, 0.05) is 40.0 Å². The highest BCUT2D eigenvalue weighted by atomic mass is 15.0. The molecular formula is C40H32N4. The lowest BCUT2D eigenvalue weighted by atomic mass is 9.65. The van der Waals surface area contributed by atoms with Gasteiger partial charge in [-0.15, -0.1) is 0 Å². The minimum atomic E-state index is 0.0140. The largest absolute Gasteiger partial charge is 0.308 e. The van der Waals surface area contributed by atoms with Gasteiger partial charge in [-0.2, -0.15) is 0 Å². The normalized spacial score (nSPS) is 15.0. The number of para-hydroxylation sites is 2. The number of pyridine rings is 2. The lowest BCUT2D eigenvalue weighted by Gasteiger charge is -2.39. The SMILES string of the molecule is c1ccc2c(c1)c1ncccc1n2-c1ccc(C2(c3ccc(-n4c5ccccc5c5ncccc54)cc3)CCCCC2)cc1. The van der Waals surface area contributed by atoms with Crippen molar-refractivity contribution in [2.24, 2.45) is 0 Å². The molecule has 0 N–H and O–H groups in total. The molecular weight excluding hydrogens is 536 g/mol. The predicted molar refractivity (Wildman–Crippen MR) is 181 cm³/mol. The van der Waals surface area contributed by atoms with Crippen LogP contribution in [0, 0.1) is 0 Å². The Morgan fingerprint density at radius 2 is 0.864 bits per heavy atom. The summed E-state index contributed by atoms with van der Waals surface area (Å²) in [5.74, 6) is 0. The summed E-state index contributed by atoms with van der Waals surface area (Å²) in [6.07, 6.45) is 9.92. The number of hydrogen-bond donors (Lipinski definition) is 0. The Hall–Kier alpha value is -5.22. The molecule has 212 valence electrons. The van der Waals surface area contributed by atoms with Gasteiger partial charge in [0.05, 0.1) is 33.1 Å². The summed E-state index contributed by atoms with van der Waals surface area (Å²) in [6.45, 7) is 0. The standard InChI is InChI=1S/C40H32N4/c1-6-24-40(25-7-1,28-16-20-30(21-17-28)43-34-12-4-2-10-32(34)38-36(43)14-8-26-41-38)29-18-22-31(23-19-29)44-35-13-5-3-11-33(35)39-37(44)15-9-27-42-39/h2-5,8-23,26-27H,1,6-7,24-25H2. The smallest absolute Gasteiger partial charge is 0.0963 e. The van der Waals surface area contributed by atoms with Crippen LogP contribution in [0.3, 0.4) is 0 Å². The zero-order valence-corrected chi connectivity index (χ0v) is 24.5. The molecule has 4 nitrogen and oxygen atoms in total. The van der Waals surface area contributed by atoms with E-state index in [4.69, 9.17) is 9.97 Å². The maximum atomic E-state index is 4.73. The first kappa shape index (κ1) is 25.3. The second-order valence-corrected chi connectivity index (χ2v) is 12.2. The Labute approximate surface area is 256 Å². The van der Waals surface area contributed by atoms with E-state index in [9.17, 15) is 0 Å². The van der Waals surface area contributed by atoms with Crippen molar-refractivity contribution >= 4 is 43.9 Å². The maximum absolute atomic E-state index is 4.73. The van der Waals surface area contributed by atoms with Gasteiger partial charge in [0.2, 0.25) is 0 Å². The lowest BCUT2D eigenvalue weighted by molar-refractivity contribution is 0.346. The summed E-state index contributed by atoms with van der Waals surface area (Å²) < 4.78 is 4.70. The number of hydrogen-bond acceptors (Lipinski definition) is 2. The van der Waals surface area contributed by atoms with Crippen molar-refractivity contribution in [1.82, 2.24) is 19.1 Å². The quantitative estimate of drug-likeness (QED) is 0.212. The molecule has 0 radical (unpaired) electrons. The third kappa shape index (κ3) is 3.70. The molecule has 1 aliphatic carbocycles. The van der Waals surface area contributed by atoms with E-state index >= 15 is 0 Å². The Morgan fingerprint density at radius 1 is 0.432 bits per heavy atom. The zero-order chi connectivity index (χ0) is 29.1. The van der Waals surface area contributed by atoms with E-state index in [0.717, 1.165) is 22.1 Å². The average Bonchev–Trinajstić information content (AvgIpc) is 3.62. The fraction of sp³-hybridized carbons (Fsp3) is 0.150. The van der Waals surface area contributed by atoms with Gasteiger partial charge in [-0.3, -0.25) is 9.97 Å². The molecule has 44 heavy (non-hydrogen) atoms. The zero-order valence-electron chi connectivity index (χ0n) is 24.5. The summed E-state index contributed by atoms with van der Waals surface area (Å²) in [5, 5.41) is 2.38. The molecule has 1 saturated carbocycles. The van der Waals surface area contributed by atoms with Crippen LogP contribution in [0.15, 0.2) is 134 Å². The lowest BCUT2D eigenvalue weighted by Crippen LogP contribution is -2.30. The van der Waals surface area contributed by atoms with Gasteiger partial charge in [-0.25, -0.2) is 0 Å². The van der Waals surface area contributed by atoms with E-state index in [-0.39, 0.29) is 5.41 Å². The molecule has 4 heterocycles. The molecule has 0 amide bonds. The molecule has 9 rings (SSSR count).